The van der Waals surface area contributed by atoms with Gasteiger partial charge < -0.3 is 9.47 Å². The Bertz CT molecular complexity index is 1240. The Morgan fingerprint density at radius 2 is 0.969 bits per heavy atom. The predicted octanol–water partition coefficient (Wildman–Crippen LogP) is 7.71. The van der Waals surface area contributed by atoms with Crippen LogP contribution < -0.4 is 9.47 Å². The number of para-hydroxylation sites is 2. The molecule has 4 aromatic carbocycles. The first-order valence-corrected chi connectivity index (χ1v) is 10.6. The molecule has 2 heteroatoms. The van der Waals surface area contributed by atoms with E-state index in [1.54, 1.807) is 14.2 Å². The van der Waals surface area contributed by atoms with E-state index in [0.717, 1.165) is 33.8 Å². The van der Waals surface area contributed by atoms with Gasteiger partial charge in [-0.25, -0.2) is 0 Å². The van der Waals surface area contributed by atoms with Gasteiger partial charge in [-0.15, -0.1) is 0 Å². The predicted molar refractivity (Wildman–Crippen MR) is 136 cm³/mol. The Kier molecular flexibility index (Phi) is 6.84. The van der Waals surface area contributed by atoms with Crippen LogP contribution in [0.1, 0.15) is 22.3 Å². The lowest BCUT2D eigenvalue weighted by molar-refractivity contribution is 0.414. The molecule has 0 aromatic heterocycles. The molecule has 0 aliphatic rings. The van der Waals surface area contributed by atoms with Gasteiger partial charge in [0, 0.05) is 11.1 Å². The highest BCUT2D eigenvalue weighted by Crippen LogP contribution is 2.31. The molecule has 2 nitrogen and oxygen atoms in total. The van der Waals surface area contributed by atoms with Crippen LogP contribution in [-0.2, 0) is 0 Å². The fourth-order valence-corrected chi connectivity index (χ4v) is 3.74. The molecule has 32 heavy (non-hydrogen) atoms. The zero-order valence-electron chi connectivity index (χ0n) is 18.4. The van der Waals surface area contributed by atoms with Crippen molar-refractivity contribution in [2.75, 3.05) is 14.2 Å². The third-order valence-corrected chi connectivity index (χ3v) is 5.37. The standard InChI is InChI=1S/C30H26O2/c1-31-29-17-8-6-13-25(29)20-19-24-15-10-16-27(23-11-4-3-5-12-23)28(24)22-21-26-14-7-9-18-30(26)32-2/h3-22H,1-2H3. The number of benzene rings is 4. The molecule has 0 saturated carbocycles. The van der Waals surface area contributed by atoms with Gasteiger partial charge in [-0.1, -0.05) is 109 Å². The Morgan fingerprint density at radius 1 is 0.469 bits per heavy atom. The Labute approximate surface area is 190 Å². The van der Waals surface area contributed by atoms with Crippen LogP contribution in [0, 0.1) is 0 Å². The second kappa shape index (κ2) is 10.3. The Hall–Kier alpha value is -4.04. The minimum Gasteiger partial charge on any atom is -0.496 e. The maximum Gasteiger partial charge on any atom is 0.126 e. The van der Waals surface area contributed by atoms with Gasteiger partial charge in [-0.3, -0.25) is 0 Å². The fraction of sp³-hybridized carbons (Fsp3) is 0.0667. The van der Waals surface area contributed by atoms with Crippen molar-refractivity contribution in [1.82, 2.24) is 0 Å². The lowest BCUT2D eigenvalue weighted by Gasteiger charge is -2.11. The van der Waals surface area contributed by atoms with Crippen LogP contribution in [0.15, 0.2) is 97.1 Å². The lowest BCUT2D eigenvalue weighted by Crippen LogP contribution is -1.89. The molecule has 0 saturated heterocycles. The number of hydrogen-bond acceptors (Lipinski definition) is 2. The highest BCUT2D eigenvalue weighted by molar-refractivity contribution is 5.88. The molecule has 0 radical (unpaired) electrons. The average molecular weight is 419 g/mol. The van der Waals surface area contributed by atoms with Crippen LogP contribution in [0.5, 0.6) is 11.5 Å². The van der Waals surface area contributed by atoms with Gasteiger partial charge in [0.05, 0.1) is 14.2 Å². The third kappa shape index (κ3) is 4.81. The largest absolute Gasteiger partial charge is 0.496 e. The molecule has 0 heterocycles. The second-order valence-corrected chi connectivity index (χ2v) is 7.33. The monoisotopic (exact) mass is 418 g/mol. The van der Waals surface area contributed by atoms with Crippen LogP contribution in [0.4, 0.5) is 0 Å². The number of hydrogen-bond donors (Lipinski definition) is 0. The van der Waals surface area contributed by atoms with E-state index in [-0.39, 0.29) is 0 Å². The second-order valence-electron chi connectivity index (χ2n) is 7.33. The van der Waals surface area contributed by atoms with Crippen molar-refractivity contribution < 1.29 is 9.47 Å². The minimum absolute atomic E-state index is 0.854. The number of methoxy groups -OCH3 is 2. The summed E-state index contributed by atoms with van der Waals surface area (Å²) in [5.41, 5.74) is 6.72. The first-order chi connectivity index (χ1) is 15.8. The quantitative estimate of drug-likeness (QED) is 0.286. The van der Waals surface area contributed by atoms with Gasteiger partial charge in [0.2, 0.25) is 0 Å². The molecule has 158 valence electrons. The lowest BCUT2D eigenvalue weighted by atomic mass is 9.94. The van der Waals surface area contributed by atoms with Crippen molar-refractivity contribution in [2.24, 2.45) is 0 Å². The summed E-state index contributed by atoms with van der Waals surface area (Å²) in [5, 5.41) is 0. The summed E-state index contributed by atoms with van der Waals surface area (Å²) in [6.07, 6.45) is 8.53. The molecule has 0 aliphatic carbocycles. The van der Waals surface area contributed by atoms with E-state index in [1.807, 2.05) is 42.5 Å². The summed E-state index contributed by atoms with van der Waals surface area (Å²) in [6, 6.07) is 32.9. The van der Waals surface area contributed by atoms with E-state index in [4.69, 9.17) is 9.47 Å². The molecule has 0 amide bonds. The number of rotatable bonds is 7. The van der Waals surface area contributed by atoms with Crippen LogP contribution in [-0.4, -0.2) is 14.2 Å². The first kappa shape index (κ1) is 21.2. The van der Waals surface area contributed by atoms with E-state index in [2.05, 4.69) is 78.9 Å². The maximum absolute atomic E-state index is 5.53. The summed E-state index contributed by atoms with van der Waals surface area (Å²) >= 11 is 0. The van der Waals surface area contributed by atoms with Crippen molar-refractivity contribution in [1.29, 1.82) is 0 Å². The van der Waals surface area contributed by atoms with E-state index >= 15 is 0 Å². The van der Waals surface area contributed by atoms with Crippen molar-refractivity contribution in [3.05, 3.63) is 119 Å². The van der Waals surface area contributed by atoms with Gasteiger partial charge in [-0.2, -0.15) is 0 Å². The van der Waals surface area contributed by atoms with Gasteiger partial charge >= 0.3 is 0 Å². The summed E-state index contributed by atoms with van der Waals surface area (Å²) < 4.78 is 11.0. The first-order valence-electron chi connectivity index (χ1n) is 10.6. The molecule has 0 unspecified atom stereocenters. The van der Waals surface area contributed by atoms with Crippen LogP contribution in [0.25, 0.3) is 35.4 Å². The molecular formula is C30H26O2. The third-order valence-electron chi connectivity index (χ3n) is 5.37. The van der Waals surface area contributed by atoms with Gasteiger partial charge in [-0.05, 0) is 34.4 Å². The molecule has 0 N–H and O–H groups in total. The summed E-state index contributed by atoms with van der Waals surface area (Å²) in [5.74, 6) is 1.71. The zero-order chi connectivity index (χ0) is 22.2. The van der Waals surface area contributed by atoms with Crippen molar-refractivity contribution in [2.45, 2.75) is 0 Å². The van der Waals surface area contributed by atoms with Gasteiger partial charge in [0.15, 0.2) is 0 Å². The van der Waals surface area contributed by atoms with Gasteiger partial charge in [0.25, 0.3) is 0 Å². The summed E-state index contributed by atoms with van der Waals surface area (Å²) in [4.78, 5) is 0. The highest BCUT2D eigenvalue weighted by Gasteiger charge is 2.07. The topological polar surface area (TPSA) is 18.5 Å². The highest BCUT2D eigenvalue weighted by atomic mass is 16.5. The van der Waals surface area contributed by atoms with Gasteiger partial charge in [0.1, 0.15) is 11.5 Å². The maximum atomic E-state index is 5.53. The molecule has 4 rings (SSSR count). The van der Waals surface area contributed by atoms with Crippen LogP contribution in [0.2, 0.25) is 0 Å². The zero-order valence-corrected chi connectivity index (χ0v) is 18.4. The summed E-state index contributed by atoms with van der Waals surface area (Å²) in [7, 11) is 3.40. The van der Waals surface area contributed by atoms with Crippen molar-refractivity contribution in [3.8, 4) is 22.6 Å². The normalized spacial score (nSPS) is 11.2. The Morgan fingerprint density at radius 3 is 1.59 bits per heavy atom. The summed E-state index contributed by atoms with van der Waals surface area (Å²) in [6.45, 7) is 0. The van der Waals surface area contributed by atoms with E-state index in [9.17, 15) is 0 Å². The van der Waals surface area contributed by atoms with Crippen LogP contribution in [0.3, 0.4) is 0 Å². The smallest absolute Gasteiger partial charge is 0.126 e. The Balaban J connectivity index is 1.81. The van der Waals surface area contributed by atoms with E-state index in [0.29, 0.717) is 0 Å². The van der Waals surface area contributed by atoms with Crippen LogP contribution >= 0.6 is 0 Å². The van der Waals surface area contributed by atoms with E-state index < -0.39 is 0 Å². The fourth-order valence-electron chi connectivity index (χ4n) is 3.74. The van der Waals surface area contributed by atoms with E-state index in [1.165, 1.54) is 11.1 Å². The van der Waals surface area contributed by atoms with Crippen molar-refractivity contribution in [3.63, 3.8) is 0 Å². The SMILES string of the molecule is COc1ccccc1C=Cc1cccc(-c2ccccc2)c1C=Cc1ccccc1OC. The number of ether oxygens (including phenoxy) is 2. The van der Waals surface area contributed by atoms with Crippen molar-refractivity contribution >= 4 is 24.3 Å². The molecule has 0 aliphatic heterocycles. The average Bonchev–Trinajstić information content (AvgIpc) is 2.87. The molecule has 0 atom stereocenters. The minimum atomic E-state index is 0.854. The molecule has 0 spiro atoms. The molecule has 0 bridgehead atoms. The molecule has 0 fully saturated rings. The molecular weight excluding hydrogens is 392 g/mol. The molecule has 4 aromatic rings.